The second kappa shape index (κ2) is 7.55. The number of carbonyl (C=O) groups is 1. The molecule has 0 atom stereocenters. The highest BCUT2D eigenvalue weighted by Crippen LogP contribution is 2.20. The average Bonchev–Trinajstić information content (AvgIpc) is 2.10. The van der Waals surface area contributed by atoms with Crippen molar-refractivity contribution in [3.8, 4) is 0 Å². The quantitative estimate of drug-likeness (QED) is 0.693. The Bertz CT molecular complexity index is 174. The molecule has 0 bridgehead atoms. The lowest BCUT2D eigenvalue weighted by molar-refractivity contribution is 0.0970. The van der Waals surface area contributed by atoms with Gasteiger partial charge in [-0.05, 0) is 12.3 Å². The Morgan fingerprint density at radius 1 is 1.27 bits per heavy atom. The summed E-state index contributed by atoms with van der Waals surface area (Å²) in [5.74, 6) is 0.763. The van der Waals surface area contributed by atoms with Crippen molar-refractivity contribution in [2.24, 2.45) is 5.92 Å². The average molecular weight is 214 g/mol. The van der Waals surface area contributed by atoms with Gasteiger partial charge in [0, 0.05) is 27.2 Å². The number of hydrogen-bond acceptors (Lipinski definition) is 1. The second-order valence-electron chi connectivity index (χ2n) is 4.44. The summed E-state index contributed by atoms with van der Waals surface area (Å²) in [6, 6.07) is 0.155. The number of urea groups is 1. The van der Waals surface area contributed by atoms with Gasteiger partial charge >= 0.3 is 6.03 Å². The van der Waals surface area contributed by atoms with E-state index in [1.807, 2.05) is 4.90 Å². The molecule has 2 amide bonds. The van der Waals surface area contributed by atoms with Gasteiger partial charge in [0.1, 0.15) is 0 Å². The molecule has 0 radical (unpaired) electrons. The molecule has 1 fully saturated rings. The number of amides is 2. The summed E-state index contributed by atoms with van der Waals surface area (Å²) in [7, 11) is 3.60. The number of hydrogen-bond donors (Lipinski definition) is 0. The molecular weight excluding hydrogens is 188 g/mol. The van der Waals surface area contributed by atoms with E-state index in [4.69, 9.17) is 0 Å². The van der Waals surface area contributed by atoms with Crippen LogP contribution in [0.4, 0.5) is 4.79 Å². The minimum atomic E-state index is 0.155. The van der Waals surface area contributed by atoms with Crippen LogP contribution in [0.2, 0.25) is 0 Å². The van der Waals surface area contributed by atoms with Gasteiger partial charge in [0.25, 0.3) is 0 Å². The second-order valence-corrected chi connectivity index (χ2v) is 4.44. The van der Waals surface area contributed by atoms with E-state index < -0.39 is 0 Å². The van der Waals surface area contributed by atoms with Crippen LogP contribution < -0.4 is 0 Å². The molecule has 0 spiro atoms. The third-order valence-corrected chi connectivity index (χ3v) is 2.31. The highest BCUT2D eigenvalue weighted by Gasteiger charge is 2.30. The topological polar surface area (TPSA) is 23.6 Å². The predicted octanol–water partition coefficient (Wildman–Crippen LogP) is 2.82. The molecule has 0 unspecified atom stereocenters. The van der Waals surface area contributed by atoms with Crippen LogP contribution in [-0.2, 0) is 0 Å². The van der Waals surface area contributed by atoms with Gasteiger partial charge in [-0.25, -0.2) is 4.79 Å². The van der Waals surface area contributed by atoms with E-state index >= 15 is 0 Å². The number of carbonyl (C=O) groups excluding carboxylic acids is 1. The molecule has 0 N–H and O–H groups in total. The molecule has 1 rings (SSSR count). The summed E-state index contributed by atoms with van der Waals surface area (Å²) in [5.41, 5.74) is 0. The highest BCUT2D eigenvalue weighted by molar-refractivity contribution is 5.74. The van der Waals surface area contributed by atoms with Crippen LogP contribution in [-0.4, -0.2) is 43.0 Å². The molecule has 3 nitrogen and oxygen atoms in total. The van der Waals surface area contributed by atoms with Crippen LogP contribution >= 0.6 is 0 Å². The first kappa shape index (κ1) is 14.3. The fourth-order valence-electron chi connectivity index (χ4n) is 1.60. The lowest BCUT2D eigenvalue weighted by Gasteiger charge is -2.40. The number of likely N-dealkylation sites (tertiary alicyclic amines) is 1. The molecule has 0 aromatic rings. The third-order valence-electron chi connectivity index (χ3n) is 2.31. The van der Waals surface area contributed by atoms with Crippen molar-refractivity contribution in [3.05, 3.63) is 0 Å². The van der Waals surface area contributed by atoms with E-state index in [1.54, 1.807) is 19.0 Å². The number of rotatable bonds is 2. The maximum Gasteiger partial charge on any atom is 0.319 e. The Balaban J connectivity index is 0.000000583. The Morgan fingerprint density at radius 3 is 2.07 bits per heavy atom. The Kier molecular flexibility index (Phi) is 7.18. The van der Waals surface area contributed by atoms with Gasteiger partial charge in [-0.2, -0.15) is 0 Å². The van der Waals surface area contributed by atoms with Gasteiger partial charge in [0.15, 0.2) is 0 Å². The maximum atomic E-state index is 11.3. The third kappa shape index (κ3) is 5.05. The van der Waals surface area contributed by atoms with Gasteiger partial charge in [0.05, 0.1) is 0 Å². The van der Waals surface area contributed by atoms with E-state index in [-0.39, 0.29) is 6.03 Å². The van der Waals surface area contributed by atoms with Crippen molar-refractivity contribution in [3.63, 3.8) is 0 Å². The molecule has 1 aliphatic heterocycles. The van der Waals surface area contributed by atoms with Crippen molar-refractivity contribution in [1.29, 1.82) is 0 Å². The fourth-order valence-corrected chi connectivity index (χ4v) is 1.60. The van der Waals surface area contributed by atoms with E-state index in [0.717, 1.165) is 19.0 Å². The zero-order chi connectivity index (χ0) is 11.8. The molecule has 0 aliphatic carbocycles. The van der Waals surface area contributed by atoms with Crippen molar-refractivity contribution in [1.82, 2.24) is 9.80 Å². The molecule has 3 heteroatoms. The SMILES string of the molecule is CCC.CCCC1CN(C(=O)N(C)C)C1. The molecular formula is C12H26N2O. The molecule has 1 aliphatic rings. The van der Waals surface area contributed by atoms with Crippen LogP contribution in [0.5, 0.6) is 0 Å². The first-order valence-corrected chi connectivity index (χ1v) is 6.02. The Labute approximate surface area is 94.4 Å². The van der Waals surface area contributed by atoms with Crippen molar-refractivity contribution >= 4 is 6.03 Å². The first-order chi connectivity index (χ1) is 7.06. The molecule has 90 valence electrons. The van der Waals surface area contributed by atoms with Crippen LogP contribution in [0.3, 0.4) is 0 Å². The molecule has 0 aromatic carbocycles. The molecule has 0 aromatic heterocycles. The summed E-state index contributed by atoms with van der Waals surface area (Å²) >= 11 is 0. The minimum absolute atomic E-state index is 0.155. The van der Waals surface area contributed by atoms with E-state index in [0.29, 0.717) is 0 Å². The van der Waals surface area contributed by atoms with Crippen LogP contribution in [0, 0.1) is 5.92 Å². The zero-order valence-corrected chi connectivity index (χ0v) is 10.9. The predicted molar refractivity (Wildman–Crippen MR) is 65.0 cm³/mol. The van der Waals surface area contributed by atoms with Crippen molar-refractivity contribution in [2.75, 3.05) is 27.2 Å². The summed E-state index contributed by atoms with van der Waals surface area (Å²) in [6.07, 6.45) is 3.74. The number of nitrogens with zero attached hydrogens (tertiary/aromatic N) is 2. The monoisotopic (exact) mass is 214 g/mol. The molecule has 1 heterocycles. The van der Waals surface area contributed by atoms with Crippen LogP contribution in [0.15, 0.2) is 0 Å². The summed E-state index contributed by atoms with van der Waals surface area (Å²) < 4.78 is 0. The van der Waals surface area contributed by atoms with Crippen LogP contribution in [0.25, 0.3) is 0 Å². The Hall–Kier alpha value is -0.730. The first-order valence-electron chi connectivity index (χ1n) is 6.02. The molecule has 15 heavy (non-hydrogen) atoms. The Morgan fingerprint density at radius 2 is 1.73 bits per heavy atom. The smallest absolute Gasteiger partial charge is 0.319 e. The highest BCUT2D eigenvalue weighted by atomic mass is 16.2. The molecule has 1 saturated heterocycles. The van der Waals surface area contributed by atoms with E-state index in [1.165, 1.54) is 19.3 Å². The van der Waals surface area contributed by atoms with Gasteiger partial charge in [0.2, 0.25) is 0 Å². The molecule has 0 saturated carbocycles. The standard InChI is InChI=1S/C9H18N2O.C3H8/c1-4-5-8-6-11(7-8)9(12)10(2)3;1-3-2/h8H,4-7H2,1-3H3;3H2,1-2H3. The van der Waals surface area contributed by atoms with Gasteiger partial charge in [-0.15, -0.1) is 0 Å². The fraction of sp³-hybridized carbons (Fsp3) is 0.917. The maximum absolute atomic E-state index is 11.3. The summed E-state index contributed by atoms with van der Waals surface area (Å²) in [5, 5.41) is 0. The zero-order valence-electron chi connectivity index (χ0n) is 10.9. The summed E-state index contributed by atoms with van der Waals surface area (Å²) in [6.45, 7) is 8.37. The largest absolute Gasteiger partial charge is 0.331 e. The van der Waals surface area contributed by atoms with Crippen molar-refractivity contribution in [2.45, 2.75) is 40.0 Å². The normalized spacial score (nSPS) is 15.1. The summed E-state index contributed by atoms with van der Waals surface area (Å²) in [4.78, 5) is 14.9. The lowest BCUT2D eigenvalue weighted by Crippen LogP contribution is -2.53. The van der Waals surface area contributed by atoms with Gasteiger partial charge < -0.3 is 9.80 Å². The van der Waals surface area contributed by atoms with Crippen LogP contribution in [0.1, 0.15) is 40.0 Å². The van der Waals surface area contributed by atoms with E-state index in [9.17, 15) is 4.79 Å². The van der Waals surface area contributed by atoms with Gasteiger partial charge in [-0.1, -0.05) is 33.6 Å². The van der Waals surface area contributed by atoms with Crippen molar-refractivity contribution < 1.29 is 4.79 Å². The minimum Gasteiger partial charge on any atom is -0.331 e. The lowest BCUT2D eigenvalue weighted by atomic mass is 9.95. The van der Waals surface area contributed by atoms with E-state index in [2.05, 4.69) is 20.8 Å². The van der Waals surface area contributed by atoms with Gasteiger partial charge in [-0.3, -0.25) is 0 Å².